The molecular formula is C18H22N4O4. The zero-order valence-corrected chi connectivity index (χ0v) is 15.3. The predicted molar refractivity (Wildman–Crippen MR) is 95.7 cm³/mol. The Labute approximate surface area is 152 Å². The number of fused-ring (bicyclic) bond motifs is 1. The molecule has 1 aromatic heterocycles. The molecule has 0 unspecified atom stereocenters. The van der Waals surface area contributed by atoms with Gasteiger partial charge < -0.3 is 19.1 Å². The molecule has 1 aliphatic heterocycles. The largest absolute Gasteiger partial charge is 0.497 e. The second-order valence-corrected chi connectivity index (χ2v) is 6.58. The van der Waals surface area contributed by atoms with Crippen LogP contribution < -0.4 is 19.5 Å². The molecule has 1 aromatic carbocycles. The van der Waals surface area contributed by atoms with Crippen LogP contribution in [-0.2, 0) is 6.54 Å². The number of carbonyl (C=O) groups is 1. The average Bonchev–Trinajstić information content (AvgIpc) is 2.76. The maximum Gasteiger partial charge on any atom is 0.323 e. The third-order valence-electron chi connectivity index (χ3n) is 3.96. The number of rotatable bonds is 3. The number of urea groups is 1. The van der Waals surface area contributed by atoms with Gasteiger partial charge in [-0.05, 0) is 32.0 Å². The summed E-state index contributed by atoms with van der Waals surface area (Å²) in [6, 6.07) is 8.61. The molecule has 0 atom stereocenters. The Hall–Kier alpha value is -3.03. The minimum Gasteiger partial charge on any atom is -0.497 e. The molecule has 138 valence electrons. The fourth-order valence-electron chi connectivity index (χ4n) is 2.77. The minimum absolute atomic E-state index is 0.273. The molecule has 8 nitrogen and oxygen atoms in total. The number of methoxy groups -OCH3 is 2. The Balaban J connectivity index is 1.80. The van der Waals surface area contributed by atoms with Gasteiger partial charge >= 0.3 is 6.03 Å². The summed E-state index contributed by atoms with van der Waals surface area (Å²) < 4.78 is 16.3. The van der Waals surface area contributed by atoms with E-state index in [1.165, 1.54) is 7.11 Å². The van der Waals surface area contributed by atoms with Crippen molar-refractivity contribution in [2.24, 2.45) is 0 Å². The van der Waals surface area contributed by atoms with Gasteiger partial charge in [0, 0.05) is 17.7 Å². The van der Waals surface area contributed by atoms with Crippen molar-refractivity contribution < 1.29 is 19.0 Å². The molecule has 2 heterocycles. The van der Waals surface area contributed by atoms with E-state index in [0.717, 1.165) is 5.56 Å². The van der Waals surface area contributed by atoms with Crippen molar-refractivity contribution in [3.8, 4) is 17.4 Å². The third-order valence-corrected chi connectivity index (χ3v) is 3.96. The number of amides is 2. The number of hydrogen-bond donors (Lipinski definition) is 1. The number of hydrogen-bond acceptors (Lipinski definition) is 6. The molecule has 8 heteroatoms. The van der Waals surface area contributed by atoms with Crippen LogP contribution in [-0.4, -0.2) is 47.5 Å². The maximum absolute atomic E-state index is 12.7. The average molecular weight is 358 g/mol. The first-order valence-electron chi connectivity index (χ1n) is 8.20. The first kappa shape index (κ1) is 17.8. The van der Waals surface area contributed by atoms with Gasteiger partial charge in [0.2, 0.25) is 5.88 Å². The monoisotopic (exact) mass is 358 g/mol. The number of aromatic nitrogens is 2. The molecule has 0 aliphatic carbocycles. The van der Waals surface area contributed by atoms with Crippen LogP contribution in [0.25, 0.3) is 0 Å². The Bertz CT molecular complexity index is 792. The van der Waals surface area contributed by atoms with Crippen molar-refractivity contribution in [3.63, 3.8) is 0 Å². The normalized spacial score (nSPS) is 15.3. The minimum atomic E-state index is -0.555. The van der Waals surface area contributed by atoms with E-state index < -0.39 is 5.60 Å². The quantitative estimate of drug-likeness (QED) is 0.908. The van der Waals surface area contributed by atoms with E-state index in [9.17, 15) is 4.79 Å². The summed E-state index contributed by atoms with van der Waals surface area (Å²) in [5, 5.41) is 10.5. The van der Waals surface area contributed by atoms with E-state index in [2.05, 4.69) is 15.5 Å². The third kappa shape index (κ3) is 3.96. The van der Waals surface area contributed by atoms with Gasteiger partial charge in [-0.1, -0.05) is 0 Å². The molecule has 3 rings (SSSR count). The lowest BCUT2D eigenvalue weighted by Gasteiger charge is -2.29. The Morgan fingerprint density at radius 2 is 2.00 bits per heavy atom. The van der Waals surface area contributed by atoms with Crippen molar-refractivity contribution in [1.82, 2.24) is 15.1 Å². The fraction of sp³-hybridized carbons (Fsp3) is 0.389. The topological polar surface area (TPSA) is 85.8 Å². The van der Waals surface area contributed by atoms with Crippen molar-refractivity contribution >= 4 is 11.8 Å². The molecule has 0 saturated heterocycles. The molecule has 2 aromatic rings. The van der Waals surface area contributed by atoms with Crippen molar-refractivity contribution in [3.05, 3.63) is 35.9 Å². The van der Waals surface area contributed by atoms with Gasteiger partial charge in [-0.25, -0.2) is 4.79 Å². The number of benzene rings is 1. The zero-order valence-electron chi connectivity index (χ0n) is 15.3. The van der Waals surface area contributed by atoms with E-state index in [4.69, 9.17) is 14.2 Å². The van der Waals surface area contributed by atoms with Crippen LogP contribution in [0.5, 0.6) is 17.4 Å². The predicted octanol–water partition coefficient (Wildman–Crippen LogP) is 2.70. The second kappa shape index (κ2) is 7.07. The highest BCUT2D eigenvalue weighted by molar-refractivity contribution is 5.88. The summed E-state index contributed by atoms with van der Waals surface area (Å²) in [4.78, 5) is 14.4. The SMILES string of the molecule is COc1ccc2c(c1)OC(C)(C)CN(C(=O)Nc1ccc(OC)nn1)C2. The number of ether oxygens (including phenoxy) is 3. The van der Waals surface area contributed by atoms with Crippen molar-refractivity contribution in [2.75, 3.05) is 26.1 Å². The van der Waals surface area contributed by atoms with Crippen molar-refractivity contribution in [2.45, 2.75) is 26.0 Å². The van der Waals surface area contributed by atoms with E-state index in [1.54, 1.807) is 24.1 Å². The zero-order chi connectivity index (χ0) is 18.7. The maximum atomic E-state index is 12.7. The number of carbonyl (C=O) groups excluding carboxylic acids is 1. The summed E-state index contributed by atoms with van der Waals surface area (Å²) >= 11 is 0. The van der Waals surface area contributed by atoms with Crippen LogP contribution >= 0.6 is 0 Å². The number of nitrogens with one attached hydrogen (secondary N) is 1. The van der Waals surface area contributed by atoms with Gasteiger partial charge in [-0.15, -0.1) is 10.2 Å². The van der Waals surface area contributed by atoms with Gasteiger partial charge in [-0.3, -0.25) is 5.32 Å². The van der Waals surface area contributed by atoms with Crippen molar-refractivity contribution in [1.29, 1.82) is 0 Å². The lowest BCUT2D eigenvalue weighted by molar-refractivity contribution is 0.0832. The standard InChI is InChI=1S/C18H22N4O4/c1-18(2)11-22(10-12-5-6-13(24-3)9-14(12)26-18)17(23)19-15-7-8-16(25-4)21-20-15/h5-9H,10-11H2,1-4H3,(H,19,20,23). The van der Waals surface area contributed by atoms with E-state index >= 15 is 0 Å². The molecule has 0 fully saturated rings. The van der Waals surface area contributed by atoms with Gasteiger partial charge in [0.25, 0.3) is 0 Å². The molecular weight excluding hydrogens is 336 g/mol. The lowest BCUT2D eigenvalue weighted by atomic mass is 10.1. The Morgan fingerprint density at radius 3 is 2.65 bits per heavy atom. The molecule has 0 radical (unpaired) electrons. The molecule has 0 bridgehead atoms. The van der Waals surface area contributed by atoms with E-state index in [0.29, 0.717) is 36.3 Å². The number of anilines is 1. The molecule has 1 N–H and O–H groups in total. The van der Waals surface area contributed by atoms with E-state index in [1.807, 2.05) is 32.0 Å². The van der Waals surface area contributed by atoms with Gasteiger partial charge in [0.05, 0.1) is 27.3 Å². The summed E-state index contributed by atoms with van der Waals surface area (Å²) in [5.41, 5.74) is 0.355. The Kier molecular flexibility index (Phi) is 4.83. The van der Waals surface area contributed by atoms with Crippen LogP contribution in [0.3, 0.4) is 0 Å². The first-order valence-corrected chi connectivity index (χ1v) is 8.20. The fourth-order valence-corrected chi connectivity index (χ4v) is 2.77. The Morgan fingerprint density at radius 1 is 1.19 bits per heavy atom. The summed E-state index contributed by atoms with van der Waals surface area (Å²) in [7, 11) is 3.12. The molecule has 0 spiro atoms. The van der Waals surface area contributed by atoms with Gasteiger partial charge in [0.15, 0.2) is 5.82 Å². The van der Waals surface area contributed by atoms with Gasteiger partial charge in [0.1, 0.15) is 17.1 Å². The molecule has 0 saturated carbocycles. The highest BCUT2D eigenvalue weighted by Gasteiger charge is 2.32. The van der Waals surface area contributed by atoms with Crippen LogP contribution in [0.2, 0.25) is 0 Å². The summed E-state index contributed by atoms with van der Waals surface area (Å²) in [6.07, 6.45) is 0. The van der Waals surface area contributed by atoms with E-state index in [-0.39, 0.29) is 6.03 Å². The lowest BCUT2D eigenvalue weighted by Crippen LogP contribution is -2.44. The highest BCUT2D eigenvalue weighted by atomic mass is 16.5. The van der Waals surface area contributed by atoms with Crippen LogP contribution in [0.1, 0.15) is 19.4 Å². The van der Waals surface area contributed by atoms with Crippen LogP contribution in [0, 0.1) is 0 Å². The van der Waals surface area contributed by atoms with Crippen LogP contribution in [0.4, 0.5) is 10.6 Å². The summed E-state index contributed by atoms with van der Waals surface area (Å²) in [6.45, 7) is 4.71. The summed E-state index contributed by atoms with van der Waals surface area (Å²) in [5.74, 6) is 2.17. The highest BCUT2D eigenvalue weighted by Crippen LogP contribution is 2.32. The number of nitrogens with zero attached hydrogens (tertiary/aromatic N) is 3. The van der Waals surface area contributed by atoms with Gasteiger partial charge in [-0.2, -0.15) is 0 Å². The molecule has 2 amide bonds. The second-order valence-electron chi connectivity index (χ2n) is 6.58. The molecule has 26 heavy (non-hydrogen) atoms. The molecule has 1 aliphatic rings. The van der Waals surface area contributed by atoms with Crippen LogP contribution in [0.15, 0.2) is 30.3 Å². The smallest absolute Gasteiger partial charge is 0.323 e. The first-order chi connectivity index (χ1) is 12.4.